The Morgan fingerprint density at radius 1 is 0.962 bits per heavy atom. The monoisotopic (exact) mass is 355 g/mol. The Balaban J connectivity index is 1.62. The molecule has 0 spiro atoms. The molecule has 1 saturated heterocycles. The van der Waals surface area contributed by atoms with Crippen LogP contribution in [0.2, 0.25) is 0 Å². The number of nitrogens with zero attached hydrogens (tertiary/aromatic N) is 2. The van der Waals surface area contributed by atoms with Gasteiger partial charge in [0.15, 0.2) is 0 Å². The maximum atomic E-state index is 13.4. The van der Waals surface area contributed by atoms with Crippen molar-refractivity contribution in [1.82, 2.24) is 9.80 Å². The Hall–Kier alpha value is -2.73. The van der Waals surface area contributed by atoms with Crippen LogP contribution in [0.4, 0.5) is 4.39 Å². The number of hydrogen-bond donors (Lipinski definition) is 1. The summed E-state index contributed by atoms with van der Waals surface area (Å²) in [5, 5.41) is 0. The van der Waals surface area contributed by atoms with Gasteiger partial charge < -0.3 is 10.6 Å². The first-order valence-corrected chi connectivity index (χ1v) is 8.69. The van der Waals surface area contributed by atoms with Crippen LogP contribution in [0.3, 0.4) is 0 Å². The zero-order valence-corrected chi connectivity index (χ0v) is 14.5. The van der Waals surface area contributed by atoms with Crippen molar-refractivity contribution in [3.05, 3.63) is 71.0 Å². The number of hydrogen-bond acceptors (Lipinski definition) is 3. The Kier molecular flexibility index (Phi) is 5.63. The molecular weight excluding hydrogens is 333 g/mol. The summed E-state index contributed by atoms with van der Waals surface area (Å²) in [5.41, 5.74) is 7.24. The molecule has 136 valence electrons. The second kappa shape index (κ2) is 8.10. The van der Waals surface area contributed by atoms with E-state index in [-0.39, 0.29) is 5.91 Å². The van der Waals surface area contributed by atoms with E-state index in [4.69, 9.17) is 5.73 Å². The number of halogens is 1. The van der Waals surface area contributed by atoms with Crippen molar-refractivity contribution in [2.24, 2.45) is 5.73 Å². The summed E-state index contributed by atoms with van der Waals surface area (Å²) in [7, 11) is 0. The SMILES string of the molecule is NC(=O)c1cccc(CN2CCCN(C(=O)c3cccc(F)c3)CC2)c1. The number of amides is 2. The fourth-order valence-corrected chi connectivity index (χ4v) is 3.22. The highest BCUT2D eigenvalue weighted by Gasteiger charge is 2.20. The highest BCUT2D eigenvalue weighted by molar-refractivity contribution is 5.94. The number of rotatable bonds is 4. The maximum absolute atomic E-state index is 13.4. The highest BCUT2D eigenvalue weighted by atomic mass is 19.1. The molecule has 3 rings (SSSR count). The highest BCUT2D eigenvalue weighted by Crippen LogP contribution is 2.14. The molecule has 0 unspecified atom stereocenters. The van der Waals surface area contributed by atoms with Gasteiger partial charge in [-0.3, -0.25) is 14.5 Å². The van der Waals surface area contributed by atoms with E-state index in [1.807, 2.05) is 18.2 Å². The van der Waals surface area contributed by atoms with Crippen LogP contribution in [-0.2, 0) is 6.54 Å². The largest absolute Gasteiger partial charge is 0.366 e. The van der Waals surface area contributed by atoms with Crippen LogP contribution in [0.1, 0.15) is 32.7 Å². The molecule has 0 atom stereocenters. The zero-order chi connectivity index (χ0) is 18.5. The van der Waals surface area contributed by atoms with Crippen LogP contribution in [-0.4, -0.2) is 47.8 Å². The third kappa shape index (κ3) is 4.46. The Labute approximate surface area is 152 Å². The molecule has 2 N–H and O–H groups in total. The minimum atomic E-state index is -0.436. The molecular formula is C20H22FN3O2. The molecule has 0 saturated carbocycles. The van der Waals surface area contributed by atoms with Crippen molar-refractivity contribution in [2.45, 2.75) is 13.0 Å². The lowest BCUT2D eigenvalue weighted by atomic mass is 10.1. The molecule has 1 aliphatic rings. The first kappa shape index (κ1) is 18.1. The van der Waals surface area contributed by atoms with Crippen LogP contribution >= 0.6 is 0 Å². The van der Waals surface area contributed by atoms with Crippen molar-refractivity contribution in [1.29, 1.82) is 0 Å². The van der Waals surface area contributed by atoms with Crippen molar-refractivity contribution in [3.63, 3.8) is 0 Å². The van der Waals surface area contributed by atoms with Gasteiger partial charge >= 0.3 is 0 Å². The number of benzene rings is 2. The van der Waals surface area contributed by atoms with Gasteiger partial charge in [0.25, 0.3) is 5.91 Å². The van der Waals surface area contributed by atoms with E-state index in [0.717, 1.165) is 25.1 Å². The van der Waals surface area contributed by atoms with Crippen LogP contribution in [0, 0.1) is 5.82 Å². The molecule has 0 aromatic heterocycles. The summed E-state index contributed by atoms with van der Waals surface area (Å²) in [5.74, 6) is -0.974. The average molecular weight is 355 g/mol. The van der Waals surface area contributed by atoms with Gasteiger partial charge in [-0.25, -0.2) is 4.39 Å². The van der Waals surface area contributed by atoms with E-state index in [1.54, 1.807) is 23.1 Å². The zero-order valence-electron chi connectivity index (χ0n) is 14.5. The van der Waals surface area contributed by atoms with Crippen LogP contribution in [0.25, 0.3) is 0 Å². The summed E-state index contributed by atoms with van der Waals surface area (Å²) in [6.07, 6.45) is 0.844. The summed E-state index contributed by atoms with van der Waals surface area (Å²) >= 11 is 0. The molecule has 1 aliphatic heterocycles. The first-order chi connectivity index (χ1) is 12.5. The molecule has 0 aliphatic carbocycles. The quantitative estimate of drug-likeness (QED) is 0.915. The van der Waals surface area contributed by atoms with Crippen LogP contribution in [0.15, 0.2) is 48.5 Å². The lowest BCUT2D eigenvalue weighted by Gasteiger charge is -2.22. The van der Waals surface area contributed by atoms with Gasteiger partial charge in [0.1, 0.15) is 5.82 Å². The van der Waals surface area contributed by atoms with E-state index < -0.39 is 11.7 Å². The topological polar surface area (TPSA) is 66.6 Å². The molecule has 2 aromatic rings. The van der Waals surface area contributed by atoms with Gasteiger partial charge in [0, 0.05) is 43.9 Å². The first-order valence-electron chi connectivity index (χ1n) is 8.69. The summed E-state index contributed by atoms with van der Waals surface area (Å²) < 4.78 is 13.4. The summed E-state index contributed by atoms with van der Waals surface area (Å²) in [4.78, 5) is 27.9. The molecule has 1 heterocycles. The Morgan fingerprint density at radius 3 is 2.50 bits per heavy atom. The Morgan fingerprint density at radius 2 is 1.73 bits per heavy atom. The number of carbonyl (C=O) groups is 2. The second-order valence-corrected chi connectivity index (χ2v) is 6.50. The minimum absolute atomic E-state index is 0.137. The number of nitrogens with two attached hydrogens (primary N) is 1. The maximum Gasteiger partial charge on any atom is 0.254 e. The standard InChI is InChI=1S/C20H22FN3O2/c21-18-7-2-6-17(13-18)20(26)24-9-3-8-23(10-11-24)14-15-4-1-5-16(12-15)19(22)25/h1-2,4-7,12-13H,3,8-11,14H2,(H2,22,25). The molecule has 26 heavy (non-hydrogen) atoms. The predicted octanol–water partition coefficient (Wildman–Crippen LogP) is 2.27. The number of primary amides is 1. The van der Waals surface area contributed by atoms with Gasteiger partial charge in [-0.2, -0.15) is 0 Å². The van der Waals surface area contributed by atoms with Crippen molar-refractivity contribution in [2.75, 3.05) is 26.2 Å². The normalized spacial score (nSPS) is 15.5. The van der Waals surface area contributed by atoms with Crippen LogP contribution in [0.5, 0.6) is 0 Å². The predicted molar refractivity (Wildman–Crippen MR) is 97.2 cm³/mol. The number of carbonyl (C=O) groups excluding carboxylic acids is 2. The van der Waals surface area contributed by atoms with Gasteiger partial charge in [-0.15, -0.1) is 0 Å². The summed E-state index contributed by atoms with van der Waals surface area (Å²) in [6.45, 7) is 3.51. The molecule has 5 nitrogen and oxygen atoms in total. The third-order valence-electron chi connectivity index (χ3n) is 4.56. The van der Waals surface area contributed by atoms with Gasteiger partial charge in [-0.1, -0.05) is 18.2 Å². The molecule has 0 radical (unpaired) electrons. The van der Waals surface area contributed by atoms with Gasteiger partial charge in [-0.05, 0) is 42.3 Å². The van der Waals surface area contributed by atoms with Crippen molar-refractivity contribution in [3.8, 4) is 0 Å². The van der Waals surface area contributed by atoms with Crippen LogP contribution < -0.4 is 5.73 Å². The second-order valence-electron chi connectivity index (χ2n) is 6.50. The van der Waals surface area contributed by atoms with E-state index in [1.165, 1.54) is 12.1 Å². The lowest BCUT2D eigenvalue weighted by molar-refractivity contribution is 0.0760. The third-order valence-corrected chi connectivity index (χ3v) is 4.56. The van der Waals surface area contributed by atoms with Crippen molar-refractivity contribution < 1.29 is 14.0 Å². The average Bonchev–Trinajstić information content (AvgIpc) is 2.87. The molecule has 6 heteroatoms. The molecule has 2 amide bonds. The molecule has 0 bridgehead atoms. The fourth-order valence-electron chi connectivity index (χ4n) is 3.22. The lowest BCUT2D eigenvalue weighted by Crippen LogP contribution is -2.35. The fraction of sp³-hybridized carbons (Fsp3) is 0.300. The van der Waals surface area contributed by atoms with Crippen molar-refractivity contribution >= 4 is 11.8 Å². The van der Waals surface area contributed by atoms with Gasteiger partial charge in [0.2, 0.25) is 5.91 Å². The summed E-state index contributed by atoms with van der Waals surface area (Å²) in [6, 6.07) is 13.1. The van der Waals surface area contributed by atoms with E-state index in [2.05, 4.69) is 4.90 Å². The minimum Gasteiger partial charge on any atom is -0.366 e. The van der Waals surface area contributed by atoms with Gasteiger partial charge in [0.05, 0.1) is 0 Å². The molecule has 2 aromatic carbocycles. The van der Waals surface area contributed by atoms with E-state index in [0.29, 0.717) is 30.8 Å². The smallest absolute Gasteiger partial charge is 0.254 e. The Bertz CT molecular complexity index is 809. The van der Waals surface area contributed by atoms with E-state index >= 15 is 0 Å². The van der Waals surface area contributed by atoms with E-state index in [9.17, 15) is 14.0 Å². The molecule has 1 fully saturated rings.